The Morgan fingerprint density at radius 2 is 0.692 bits per heavy atom. The maximum absolute atomic E-state index is 2.34. The van der Waals surface area contributed by atoms with Crippen LogP contribution in [0.2, 0.25) is 0 Å². The third kappa shape index (κ3) is 2.45. The van der Waals surface area contributed by atoms with Crippen LogP contribution in [0.1, 0.15) is 25.0 Å². The summed E-state index contributed by atoms with van der Waals surface area (Å²) in [7, 11) is 0. The van der Waals surface area contributed by atoms with E-state index in [1.165, 1.54) is 54.2 Å². The van der Waals surface area contributed by atoms with Gasteiger partial charge in [-0.25, -0.2) is 0 Å². The Bertz CT molecular complexity index is 1190. The minimum Gasteiger partial charge on any atom is -0.0613 e. The van der Waals surface area contributed by atoms with Gasteiger partial charge in [0.15, 0.2) is 0 Å². The molecule has 5 aromatic rings. The summed E-state index contributed by atoms with van der Waals surface area (Å²) in [6.07, 6.45) is 2.16. The normalized spacial score (nSPS) is 11.8. The summed E-state index contributed by atoms with van der Waals surface area (Å²) in [5.74, 6) is 0. The van der Waals surface area contributed by atoms with Gasteiger partial charge < -0.3 is 0 Å². The molecule has 0 radical (unpaired) electrons. The zero-order chi connectivity index (χ0) is 17.7. The second-order valence-corrected chi connectivity index (χ2v) is 7.32. The largest absolute Gasteiger partial charge is 0.0613 e. The second kappa shape index (κ2) is 5.85. The lowest BCUT2D eigenvalue weighted by Gasteiger charge is -2.08. The zero-order valence-corrected chi connectivity index (χ0v) is 15.3. The molecule has 0 aliphatic carbocycles. The van der Waals surface area contributed by atoms with Crippen LogP contribution in [0.15, 0.2) is 72.8 Å². The first-order valence-corrected chi connectivity index (χ1v) is 9.56. The Morgan fingerprint density at radius 1 is 0.385 bits per heavy atom. The molecule has 0 spiro atoms. The second-order valence-electron chi connectivity index (χ2n) is 7.32. The minimum absolute atomic E-state index is 1.08. The highest BCUT2D eigenvalue weighted by Crippen LogP contribution is 2.31. The summed E-state index contributed by atoms with van der Waals surface area (Å²) in [6.45, 7) is 4.43. The minimum atomic E-state index is 1.08. The summed E-state index contributed by atoms with van der Waals surface area (Å²) < 4.78 is 0. The van der Waals surface area contributed by atoms with Gasteiger partial charge in [-0.15, -0.1) is 0 Å². The van der Waals surface area contributed by atoms with E-state index in [0.29, 0.717) is 0 Å². The summed E-state index contributed by atoms with van der Waals surface area (Å²) in [6, 6.07) is 27.7. The van der Waals surface area contributed by atoms with Crippen molar-refractivity contribution in [1.82, 2.24) is 0 Å². The lowest BCUT2D eigenvalue weighted by atomic mass is 9.96. The molecule has 0 atom stereocenters. The van der Waals surface area contributed by atoms with E-state index in [-0.39, 0.29) is 0 Å². The fraction of sp³-hybridized carbons (Fsp3) is 0.154. The van der Waals surface area contributed by atoms with Gasteiger partial charge in [0, 0.05) is 0 Å². The van der Waals surface area contributed by atoms with Crippen molar-refractivity contribution in [2.24, 2.45) is 0 Å². The molecule has 0 N–H and O–H groups in total. The Morgan fingerprint density at radius 3 is 1.04 bits per heavy atom. The number of hydrogen-bond acceptors (Lipinski definition) is 0. The number of rotatable bonds is 2. The van der Waals surface area contributed by atoms with Crippen molar-refractivity contribution in [3.8, 4) is 0 Å². The van der Waals surface area contributed by atoms with Crippen LogP contribution in [-0.2, 0) is 12.8 Å². The van der Waals surface area contributed by atoms with E-state index < -0.39 is 0 Å². The van der Waals surface area contributed by atoms with Gasteiger partial charge in [0.1, 0.15) is 0 Å². The average molecular weight is 334 g/mol. The molecule has 0 fully saturated rings. The van der Waals surface area contributed by atoms with Gasteiger partial charge in [0.2, 0.25) is 0 Å². The smallest absolute Gasteiger partial charge is 0.0171 e. The van der Waals surface area contributed by atoms with Gasteiger partial charge >= 0.3 is 0 Å². The van der Waals surface area contributed by atoms with Gasteiger partial charge in [-0.2, -0.15) is 0 Å². The Balaban J connectivity index is 1.80. The quantitative estimate of drug-likeness (QED) is 0.295. The topological polar surface area (TPSA) is 0 Å². The van der Waals surface area contributed by atoms with Crippen molar-refractivity contribution in [2.75, 3.05) is 0 Å². The highest BCUT2D eigenvalue weighted by Gasteiger charge is 2.04. The van der Waals surface area contributed by atoms with E-state index in [1.807, 2.05) is 0 Å². The molecule has 0 saturated carbocycles. The molecule has 126 valence electrons. The predicted molar refractivity (Wildman–Crippen MR) is 115 cm³/mol. The molecule has 0 aliphatic heterocycles. The van der Waals surface area contributed by atoms with Crippen molar-refractivity contribution >= 4 is 43.1 Å². The third-order valence-corrected chi connectivity index (χ3v) is 5.65. The monoisotopic (exact) mass is 334 g/mol. The molecule has 0 aromatic heterocycles. The van der Waals surface area contributed by atoms with Crippen molar-refractivity contribution in [1.29, 1.82) is 0 Å². The summed E-state index contributed by atoms with van der Waals surface area (Å²) >= 11 is 0. The molecular formula is C26H22. The summed E-state index contributed by atoms with van der Waals surface area (Å²) in [5, 5.41) is 10.6. The maximum Gasteiger partial charge on any atom is -0.0171 e. The molecular weight excluding hydrogens is 312 g/mol. The first kappa shape index (κ1) is 15.4. The van der Waals surface area contributed by atoms with Crippen LogP contribution >= 0.6 is 0 Å². The SMILES string of the molecule is CCc1ccc2cc3cc4cc5cc(CC)ccc5cc4cc3cc2c1. The van der Waals surface area contributed by atoms with Crippen LogP contribution in [0.4, 0.5) is 0 Å². The number of aryl methyl sites for hydroxylation is 2. The maximum atomic E-state index is 2.34. The van der Waals surface area contributed by atoms with E-state index >= 15 is 0 Å². The van der Waals surface area contributed by atoms with E-state index in [9.17, 15) is 0 Å². The Labute approximate surface area is 154 Å². The Hall–Kier alpha value is -2.86. The van der Waals surface area contributed by atoms with Crippen molar-refractivity contribution in [3.63, 3.8) is 0 Å². The lowest BCUT2D eigenvalue weighted by molar-refractivity contribution is 1.15. The zero-order valence-electron chi connectivity index (χ0n) is 15.3. The van der Waals surface area contributed by atoms with Gasteiger partial charge in [-0.05, 0) is 103 Å². The fourth-order valence-electron chi connectivity index (χ4n) is 4.04. The lowest BCUT2D eigenvalue weighted by Crippen LogP contribution is -1.84. The number of benzene rings is 5. The van der Waals surface area contributed by atoms with Crippen LogP contribution in [0.3, 0.4) is 0 Å². The molecule has 5 rings (SSSR count). The van der Waals surface area contributed by atoms with Crippen LogP contribution < -0.4 is 0 Å². The Kier molecular flexibility index (Phi) is 3.46. The summed E-state index contributed by atoms with van der Waals surface area (Å²) in [4.78, 5) is 0. The van der Waals surface area contributed by atoms with Crippen molar-refractivity contribution in [2.45, 2.75) is 26.7 Å². The van der Waals surface area contributed by atoms with E-state index in [2.05, 4.69) is 86.6 Å². The number of fused-ring (bicyclic) bond motifs is 4. The molecule has 26 heavy (non-hydrogen) atoms. The first-order chi connectivity index (χ1) is 12.7. The molecule has 0 nitrogen and oxygen atoms in total. The van der Waals surface area contributed by atoms with Crippen LogP contribution in [-0.4, -0.2) is 0 Å². The number of hydrogen-bond donors (Lipinski definition) is 0. The highest BCUT2D eigenvalue weighted by atomic mass is 14.1. The molecule has 0 saturated heterocycles. The first-order valence-electron chi connectivity index (χ1n) is 9.56. The molecule has 0 heteroatoms. The molecule has 0 heterocycles. The van der Waals surface area contributed by atoms with E-state index in [0.717, 1.165) is 12.8 Å². The van der Waals surface area contributed by atoms with Crippen LogP contribution in [0.5, 0.6) is 0 Å². The van der Waals surface area contributed by atoms with Crippen molar-refractivity contribution < 1.29 is 0 Å². The van der Waals surface area contributed by atoms with Gasteiger partial charge in [-0.1, -0.05) is 50.2 Å². The van der Waals surface area contributed by atoms with Gasteiger partial charge in [-0.3, -0.25) is 0 Å². The van der Waals surface area contributed by atoms with E-state index in [4.69, 9.17) is 0 Å². The van der Waals surface area contributed by atoms with Crippen LogP contribution in [0, 0.1) is 0 Å². The summed E-state index contributed by atoms with van der Waals surface area (Å²) in [5.41, 5.74) is 2.80. The van der Waals surface area contributed by atoms with Gasteiger partial charge in [0.05, 0.1) is 0 Å². The molecule has 0 bridgehead atoms. The standard InChI is InChI=1S/C26H22/c1-3-17-5-7-19-11-23-16-26-14-22-10-18(4-2)6-8-20(22)12-24(26)15-25(23)13-21(19)9-17/h5-16H,3-4H2,1-2H3. The molecule has 0 amide bonds. The van der Waals surface area contributed by atoms with Gasteiger partial charge in [0.25, 0.3) is 0 Å². The fourth-order valence-corrected chi connectivity index (χ4v) is 4.04. The average Bonchev–Trinajstić information content (AvgIpc) is 2.68. The molecule has 0 unspecified atom stereocenters. The highest BCUT2D eigenvalue weighted by molar-refractivity contribution is 6.08. The van der Waals surface area contributed by atoms with Crippen molar-refractivity contribution in [3.05, 3.63) is 83.9 Å². The molecule has 5 aromatic carbocycles. The predicted octanol–water partition coefficient (Wildman–Crippen LogP) is 7.42. The van der Waals surface area contributed by atoms with Crippen LogP contribution in [0.25, 0.3) is 43.1 Å². The van der Waals surface area contributed by atoms with E-state index in [1.54, 1.807) is 0 Å². The molecule has 0 aliphatic rings. The third-order valence-electron chi connectivity index (χ3n) is 5.65.